The molecule has 1 aliphatic rings. The number of hydrogen-bond donors (Lipinski definition) is 1. The largest absolute Gasteiger partial charge is 0.348 e. The van der Waals surface area contributed by atoms with E-state index in [4.69, 9.17) is 0 Å². The molecule has 1 N–H and O–H groups in total. The monoisotopic (exact) mass is 460 g/mol. The number of nitrogens with zero attached hydrogens (tertiary/aromatic N) is 5. The van der Waals surface area contributed by atoms with Crippen LogP contribution < -0.4 is 10.9 Å². The first kappa shape index (κ1) is 23.6. The van der Waals surface area contributed by atoms with Crippen LogP contribution in [0, 0.1) is 0 Å². The lowest BCUT2D eigenvalue weighted by Gasteiger charge is -2.39. The second-order valence-corrected chi connectivity index (χ2v) is 8.73. The first-order chi connectivity index (χ1) is 16.4. The lowest BCUT2D eigenvalue weighted by Crippen LogP contribution is -2.49. The number of benzene rings is 1. The zero-order chi connectivity index (χ0) is 24.2. The summed E-state index contributed by atoms with van der Waals surface area (Å²) < 4.78 is 1.53. The van der Waals surface area contributed by atoms with Crippen molar-refractivity contribution in [2.75, 3.05) is 31.5 Å². The second-order valence-electron chi connectivity index (χ2n) is 8.73. The quantitative estimate of drug-likeness (QED) is 0.545. The summed E-state index contributed by atoms with van der Waals surface area (Å²) in [7, 11) is 1.71. The van der Waals surface area contributed by atoms with Crippen molar-refractivity contribution < 1.29 is 4.79 Å². The summed E-state index contributed by atoms with van der Waals surface area (Å²) in [6, 6.07) is 12.2. The van der Waals surface area contributed by atoms with E-state index in [1.165, 1.54) is 22.3 Å². The SMILES string of the molecule is C=CC(=O)N1CCN(C(CC)c2ccc([C@H](C)Nc3ncc4ccc(=O)n(C)c4n3)cc2)CC1. The Balaban J connectivity index is 1.44. The Morgan fingerprint density at radius 2 is 1.79 bits per heavy atom. The van der Waals surface area contributed by atoms with Gasteiger partial charge in [0.1, 0.15) is 5.65 Å². The third-order valence-corrected chi connectivity index (χ3v) is 6.64. The molecule has 1 unspecified atom stereocenters. The number of hydrogen-bond acceptors (Lipinski definition) is 6. The highest BCUT2D eigenvalue weighted by atomic mass is 16.2. The van der Waals surface area contributed by atoms with Gasteiger partial charge in [0.15, 0.2) is 0 Å². The van der Waals surface area contributed by atoms with Gasteiger partial charge in [-0.1, -0.05) is 37.8 Å². The Morgan fingerprint density at radius 3 is 2.44 bits per heavy atom. The Kier molecular flexibility index (Phi) is 7.07. The average Bonchev–Trinajstić information content (AvgIpc) is 2.87. The number of piperazine rings is 1. The molecule has 0 saturated carbocycles. The number of carbonyl (C=O) groups excluding carboxylic acids is 1. The topological polar surface area (TPSA) is 83.4 Å². The van der Waals surface area contributed by atoms with Crippen molar-refractivity contribution in [3.63, 3.8) is 0 Å². The number of amides is 1. The molecule has 1 aliphatic heterocycles. The average molecular weight is 461 g/mol. The van der Waals surface area contributed by atoms with Crippen LogP contribution in [0.1, 0.15) is 43.5 Å². The smallest absolute Gasteiger partial charge is 0.251 e. The Labute approximate surface area is 199 Å². The predicted octanol–water partition coefficient (Wildman–Crippen LogP) is 3.28. The highest BCUT2D eigenvalue weighted by molar-refractivity contribution is 5.87. The molecule has 0 spiro atoms. The highest BCUT2D eigenvalue weighted by Gasteiger charge is 2.25. The molecular weight excluding hydrogens is 428 g/mol. The summed E-state index contributed by atoms with van der Waals surface area (Å²) >= 11 is 0. The van der Waals surface area contributed by atoms with Gasteiger partial charge in [0.25, 0.3) is 5.56 Å². The normalized spacial score (nSPS) is 16.3. The Hall–Kier alpha value is -3.52. The van der Waals surface area contributed by atoms with Gasteiger partial charge in [0.05, 0.1) is 6.04 Å². The van der Waals surface area contributed by atoms with Gasteiger partial charge < -0.3 is 10.2 Å². The molecule has 1 amide bonds. The molecule has 178 valence electrons. The van der Waals surface area contributed by atoms with E-state index in [1.54, 1.807) is 19.3 Å². The molecule has 0 aliphatic carbocycles. The van der Waals surface area contributed by atoms with Crippen molar-refractivity contribution in [1.29, 1.82) is 0 Å². The maximum atomic E-state index is 11.9. The molecule has 3 heterocycles. The fourth-order valence-electron chi connectivity index (χ4n) is 4.59. The molecule has 1 fully saturated rings. The zero-order valence-corrected chi connectivity index (χ0v) is 20.1. The van der Waals surface area contributed by atoms with E-state index in [0.29, 0.717) is 17.6 Å². The van der Waals surface area contributed by atoms with Crippen LogP contribution >= 0.6 is 0 Å². The molecule has 34 heavy (non-hydrogen) atoms. The van der Waals surface area contributed by atoms with Crippen LogP contribution in [0.3, 0.4) is 0 Å². The summed E-state index contributed by atoms with van der Waals surface area (Å²) in [6.45, 7) is 11.1. The van der Waals surface area contributed by atoms with E-state index in [2.05, 4.69) is 64.9 Å². The third kappa shape index (κ3) is 4.87. The Morgan fingerprint density at radius 1 is 1.12 bits per heavy atom. The molecule has 1 aromatic carbocycles. The second kappa shape index (κ2) is 10.2. The maximum Gasteiger partial charge on any atom is 0.251 e. The fourth-order valence-corrected chi connectivity index (χ4v) is 4.59. The molecule has 3 aromatic rings. The van der Waals surface area contributed by atoms with Gasteiger partial charge in [-0.2, -0.15) is 4.98 Å². The molecule has 0 bridgehead atoms. The lowest BCUT2D eigenvalue weighted by molar-refractivity contribution is -0.128. The van der Waals surface area contributed by atoms with Crippen molar-refractivity contribution in [3.05, 3.63) is 76.7 Å². The summed E-state index contributed by atoms with van der Waals surface area (Å²) in [5.74, 6) is 0.500. The molecular formula is C26H32N6O2. The molecule has 1 saturated heterocycles. The number of aryl methyl sites for hydroxylation is 1. The number of anilines is 1. The number of carbonyl (C=O) groups is 1. The molecule has 2 atom stereocenters. The zero-order valence-electron chi connectivity index (χ0n) is 20.1. The molecule has 8 heteroatoms. The number of fused-ring (bicyclic) bond motifs is 1. The van der Waals surface area contributed by atoms with E-state index in [-0.39, 0.29) is 17.5 Å². The van der Waals surface area contributed by atoms with E-state index >= 15 is 0 Å². The minimum Gasteiger partial charge on any atom is -0.348 e. The number of pyridine rings is 1. The van der Waals surface area contributed by atoms with Crippen LogP contribution in [0.2, 0.25) is 0 Å². The van der Waals surface area contributed by atoms with Crippen LogP contribution in [-0.2, 0) is 11.8 Å². The maximum absolute atomic E-state index is 11.9. The summed E-state index contributed by atoms with van der Waals surface area (Å²) in [5, 5.41) is 4.17. The van der Waals surface area contributed by atoms with E-state index < -0.39 is 0 Å². The van der Waals surface area contributed by atoms with Gasteiger partial charge in [-0.25, -0.2) is 4.98 Å². The van der Waals surface area contributed by atoms with Crippen molar-refractivity contribution in [1.82, 2.24) is 24.3 Å². The van der Waals surface area contributed by atoms with Crippen LogP contribution in [0.5, 0.6) is 0 Å². The van der Waals surface area contributed by atoms with Crippen molar-refractivity contribution >= 4 is 22.9 Å². The Bertz CT molecular complexity index is 1230. The van der Waals surface area contributed by atoms with Crippen LogP contribution in [-0.4, -0.2) is 56.4 Å². The minimum absolute atomic E-state index is 0.000720. The lowest BCUT2D eigenvalue weighted by atomic mass is 9.98. The number of aromatic nitrogens is 3. The standard InChI is InChI=1S/C26H32N6O2/c1-5-22(31-13-15-32(16-14-31)23(33)6-2)20-9-7-19(8-10-20)18(3)28-26-27-17-21-11-12-24(34)30(4)25(21)29-26/h6-12,17-18,22H,2,5,13-16H2,1,3-4H3,(H,27,28,29)/t18-,22?/m0/s1. The van der Waals surface area contributed by atoms with Gasteiger partial charge in [-0.3, -0.25) is 19.1 Å². The minimum atomic E-state index is -0.0972. The van der Waals surface area contributed by atoms with Crippen molar-refractivity contribution in [2.45, 2.75) is 32.4 Å². The van der Waals surface area contributed by atoms with E-state index in [0.717, 1.165) is 43.5 Å². The summed E-state index contributed by atoms with van der Waals surface area (Å²) in [4.78, 5) is 37.1. The van der Waals surface area contributed by atoms with Crippen molar-refractivity contribution in [3.8, 4) is 0 Å². The number of rotatable bonds is 7. The summed E-state index contributed by atoms with van der Waals surface area (Å²) in [5.41, 5.74) is 2.91. The molecule has 8 nitrogen and oxygen atoms in total. The first-order valence-corrected chi connectivity index (χ1v) is 11.8. The van der Waals surface area contributed by atoms with Gasteiger partial charge in [0, 0.05) is 56.9 Å². The van der Waals surface area contributed by atoms with Gasteiger partial charge in [-0.05, 0) is 36.6 Å². The first-order valence-electron chi connectivity index (χ1n) is 11.8. The fraction of sp³-hybridized carbons (Fsp3) is 0.385. The van der Waals surface area contributed by atoms with Crippen LogP contribution in [0.15, 0.2) is 60.0 Å². The molecule has 4 rings (SSSR count). The highest BCUT2D eigenvalue weighted by Crippen LogP contribution is 2.27. The molecule has 0 radical (unpaired) electrons. The van der Waals surface area contributed by atoms with E-state index in [9.17, 15) is 9.59 Å². The predicted molar refractivity (Wildman–Crippen MR) is 135 cm³/mol. The molecule has 2 aromatic heterocycles. The van der Waals surface area contributed by atoms with Crippen LogP contribution in [0.25, 0.3) is 11.0 Å². The summed E-state index contributed by atoms with van der Waals surface area (Å²) in [6.07, 6.45) is 4.13. The van der Waals surface area contributed by atoms with Crippen LogP contribution in [0.4, 0.5) is 5.95 Å². The van der Waals surface area contributed by atoms with Gasteiger partial charge in [-0.15, -0.1) is 0 Å². The van der Waals surface area contributed by atoms with Crippen molar-refractivity contribution in [2.24, 2.45) is 7.05 Å². The van der Waals surface area contributed by atoms with E-state index in [1.807, 2.05) is 4.90 Å². The third-order valence-electron chi connectivity index (χ3n) is 6.64. The van der Waals surface area contributed by atoms with Gasteiger partial charge in [0.2, 0.25) is 11.9 Å². The van der Waals surface area contributed by atoms with Gasteiger partial charge >= 0.3 is 0 Å². The number of nitrogens with one attached hydrogen (secondary N) is 1.